The highest BCUT2D eigenvalue weighted by molar-refractivity contribution is 7.97. The van der Waals surface area contributed by atoms with Crippen LogP contribution in [0.3, 0.4) is 0 Å². The summed E-state index contributed by atoms with van der Waals surface area (Å²) in [6, 6.07) is 7.15. The summed E-state index contributed by atoms with van der Waals surface area (Å²) in [6.07, 6.45) is -0.168. The Morgan fingerprint density at radius 2 is 1.78 bits per heavy atom. The van der Waals surface area contributed by atoms with E-state index in [-0.39, 0.29) is 30.0 Å². The van der Waals surface area contributed by atoms with Crippen LogP contribution in [0.2, 0.25) is 0 Å². The largest absolute Gasteiger partial charge is 0.491 e. The number of hydrogen-bond donors (Lipinski definition) is 3. The monoisotopic (exact) mass is 399 g/mol. The highest BCUT2D eigenvalue weighted by atomic mass is 32.2. The molecule has 1 rings (SSSR count). The highest BCUT2D eigenvalue weighted by Gasteiger charge is 2.27. The molecule has 4 N–H and O–H groups in total. The van der Waals surface area contributed by atoms with Gasteiger partial charge in [-0.25, -0.2) is 0 Å². The van der Waals surface area contributed by atoms with Gasteiger partial charge in [0.25, 0.3) is 0 Å². The van der Waals surface area contributed by atoms with Crippen molar-refractivity contribution in [1.29, 1.82) is 0 Å². The third-order valence-corrected chi connectivity index (χ3v) is 7.03. The van der Waals surface area contributed by atoms with E-state index in [2.05, 4.69) is 33.0 Å². The molecule has 7 heteroatoms. The Morgan fingerprint density at radius 3 is 2.33 bits per heavy atom. The molecule has 1 atom stereocenters. The lowest BCUT2D eigenvalue weighted by atomic mass is 10.3. The Bertz CT molecular complexity index is 529. The van der Waals surface area contributed by atoms with E-state index in [4.69, 9.17) is 15.2 Å². The van der Waals surface area contributed by atoms with Crippen LogP contribution < -0.4 is 15.8 Å². The number of amides is 1. The predicted octanol–water partition coefficient (Wildman–Crippen LogP) is 2.17. The summed E-state index contributed by atoms with van der Waals surface area (Å²) >= 11 is 0. The van der Waals surface area contributed by atoms with Crippen LogP contribution in [-0.2, 0) is 20.4 Å². The number of anilines is 1. The maximum atomic E-state index is 12.2. The summed E-state index contributed by atoms with van der Waals surface area (Å²) in [5.74, 6) is 1.59. The second-order valence-electron chi connectivity index (χ2n) is 6.92. The Hall–Kier alpha value is -1.28. The molecule has 0 saturated carbocycles. The number of rotatable bonds is 13. The molecule has 0 fully saturated rings. The fourth-order valence-corrected chi connectivity index (χ4v) is 5.08. The van der Waals surface area contributed by atoms with Gasteiger partial charge in [0.05, 0.1) is 19.6 Å². The van der Waals surface area contributed by atoms with Gasteiger partial charge in [-0.05, 0) is 62.9 Å². The van der Waals surface area contributed by atoms with Crippen LogP contribution in [0.5, 0.6) is 5.75 Å². The van der Waals surface area contributed by atoms with Crippen molar-refractivity contribution in [2.24, 2.45) is 5.73 Å². The second kappa shape index (κ2) is 13.0. The summed E-state index contributed by atoms with van der Waals surface area (Å²) < 4.78 is 10.7. The molecule has 154 valence electrons. The van der Waals surface area contributed by atoms with Crippen LogP contribution >= 0.6 is 0 Å². The van der Waals surface area contributed by atoms with E-state index in [1.807, 2.05) is 0 Å². The molecule has 0 aromatic heterocycles. The molecule has 0 spiro atoms. The molecular formula is C20H35N2O4S+. The number of nitrogens with two attached hydrogens (primary N) is 1. The first-order chi connectivity index (χ1) is 12.8. The van der Waals surface area contributed by atoms with Crippen LogP contribution in [0, 0.1) is 0 Å². The normalized spacial score (nSPS) is 12.6. The number of carbonyl (C=O) groups is 1. The number of aliphatic hydroxyl groups excluding tert-OH is 1. The van der Waals surface area contributed by atoms with Crippen molar-refractivity contribution in [3.8, 4) is 5.75 Å². The van der Waals surface area contributed by atoms with Crippen LogP contribution in [0.4, 0.5) is 5.69 Å². The van der Waals surface area contributed by atoms with E-state index in [0.29, 0.717) is 35.8 Å². The number of ether oxygens (including phenoxy) is 2. The van der Waals surface area contributed by atoms with Crippen molar-refractivity contribution in [2.75, 3.05) is 37.4 Å². The minimum absolute atomic E-state index is 0.0370. The lowest BCUT2D eigenvalue weighted by molar-refractivity contribution is -0.115. The Kier molecular flexibility index (Phi) is 11.4. The third kappa shape index (κ3) is 10.0. The number of carbonyl (C=O) groups excluding carboxylic acids is 1. The average Bonchev–Trinajstić information content (AvgIpc) is 2.61. The van der Waals surface area contributed by atoms with Crippen LogP contribution in [-0.4, -0.2) is 59.7 Å². The molecule has 1 unspecified atom stereocenters. The van der Waals surface area contributed by atoms with Crippen LogP contribution in [0.15, 0.2) is 24.3 Å². The molecular weight excluding hydrogens is 364 g/mol. The van der Waals surface area contributed by atoms with Gasteiger partial charge in [0, 0.05) is 12.2 Å². The standard InChI is InChI=1S/C20H34N2O4S/c1-15(2)27(16(3)4)12-9-20(24)22-17-5-7-19(8-6-17)26-14-18(23)13-25-11-10-21/h5-8,15-16,18,23H,9-14,21H2,1-4H3/p+1. The van der Waals surface area contributed by atoms with E-state index < -0.39 is 6.10 Å². The molecule has 1 aromatic carbocycles. The van der Waals surface area contributed by atoms with Gasteiger partial charge in [0.2, 0.25) is 5.91 Å². The summed E-state index contributed by atoms with van der Waals surface area (Å²) in [4.78, 5) is 12.2. The minimum Gasteiger partial charge on any atom is -0.491 e. The molecule has 1 amide bonds. The summed E-state index contributed by atoms with van der Waals surface area (Å²) in [5.41, 5.74) is 6.06. The predicted molar refractivity (Wildman–Crippen MR) is 114 cm³/mol. The van der Waals surface area contributed by atoms with E-state index >= 15 is 0 Å². The molecule has 0 bridgehead atoms. The molecule has 27 heavy (non-hydrogen) atoms. The SMILES string of the molecule is CC(C)[S+](CCC(=O)Nc1ccc(OCC(O)COCCN)cc1)C(C)C. The number of hydrogen-bond acceptors (Lipinski definition) is 5. The van der Waals surface area contributed by atoms with E-state index in [1.54, 1.807) is 24.3 Å². The smallest absolute Gasteiger partial charge is 0.229 e. The van der Waals surface area contributed by atoms with Gasteiger partial charge >= 0.3 is 0 Å². The number of nitrogens with one attached hydrogen (secondary N) is 1. The maximum Gasteiger partial charge on any atom is 0.229 e. The Balaban J connectivity index is 2.37. The first kappa shape index (κ1) is 23.8. The van der Waals surface area contributed by atoms with Crippen molar-refractivity contribution in [2.45, 2.75) is 50.7 Å². The fraction of sp³-hybridized carbons (Fsp3) is 0.650. The highest BCUT2D eigenvalue weighted by Crippen LogP contribution is 2.17. The molecule has 0 saturated heterocycles. The van der Waals surface area contributed by atoms with E-state index in [1.165, 1.54) is 0 Å². The summed E-state index contributed by atoms with van der Waals surface area (Å²) in [5, 5.41) is 13.9. The molecule has 1 aromatic rings. The van der Waals surface area contributed by atoms with Gasteiger partial charge < -0.3 is 25.6 Å². The van der Waals surface area contributed by atoms with Gasteiger partial charge in [0.15, 0.2) is 0 Å². The third-order valence-electron chi connectivity index (χ3n) is 3.93. The number of aliphatic hydroxyl groups is 1. The fourth-order valence-electron chi connectivity index (χ4n) is 2.63. The van der Waals surface area contributed by atoms with Crippen LogP contribution in [0.25, 0.3) is 0 Å². The first-order valence-electron chi connectivity index (χ1n) is 9.50. The molecule has 0 radical (unpaired) electrons. The topological polar surface area (TPSA) is 93.8 Å². The molecule has 6 nitrogen and oxygen atoms in total. The van der Waals surface area contributed by atoms with Crippen molar-refractivity contribution in [3.05, 3.63) is 24.3 Å². The molecule has 0 heterocycles. The second-order valence-corrected chi connectivity index (χ2v) is 10.2. The molecule has 0 aliphatic carbocycles. The van der Waals surface area contributed by atoms with Crippen molar-refractivity contribution in [1.82, 2.24) is 0 Å². The van der Waals surface area contributed by atoms with Crippen LogP contribution in [0.1, 0.15) is 34.1 Å². The Labute approximate surface area is 166 Å². The summed E-state index contributed by atoms with van der Waals surface area (Å²) in [7, 11) is 0.257. The lowest BCUT2D eigenvalue weighted by Gasteiger charge is -2.16. The first-order valence-corrected chi connectivity index (χ1v) is 11.0. The van der Waals surface area contributed by atoms with Gasteiger partial charge in [-0.3, -0.25) is 4.79 Å². The summed E-state index contributed by atoms with van der Waals surface area (Å²) in [6.45, 7) is 10.1. The van der Waals surface area contributed by atoms with Gasteiger partial charge in [-0.1, -0.05) is 0 Å². The van der Waals surface area contributed by atoms with Gasteiger partial charge in [0.1, 0.15) is 34.7 Å². The molecule has 0 aliphatic rings. The zero-order valence-corrected chi connectivity index (χ0v) is 17.8. The Morgan fingerprint density at radius 1 is 1.15 bits per heavy atom. The average molecular weight is 400 g/mol. The quantitative estimate of drug-likeness (QED) is 0.349. The van der Waals surface area contributed by atoms with E-state index in [0.717, 1.165) is 11.4 Å². The zero-order chi connectivity index (χ0) is 20.2. The van der Waals surface area contributed by atoms with Crippen molar-refractivity contribution >= 4 is 22.5 Å². The van der Waals surface area contributed by atoms with E-state index in [9.17, 15) is 9.90 Å². The lowest BCUT2D eigenvalue weighted by Crippen LogP contribution is -2.29. The van der Waals surface area contributed by atoms with Crippen molar-refractivity contribution < 1.29 is 19.4 Å². The van der Waals surface area contributed by atoms with Gasteiger partial charge in [-0.15, -0.1) is 0 Å². The zero-order valence-electron chi connectivity index (χ0n) is 16.9. The minimum atomic E-state index is -0.702. The van der Waals surface area contributed by atoms with Gasteiger partial charge in [-0.2, -0.15) is 0 Å². The van der Waals surface area contributed by atoms with Crippen molar-refractivity contribution in [3.63, 3.8) is 0 Å². The maximum absolute atomic E-state index is 12.2. The number of benzene rings is 1. The molecule has 0 aliphatic heterocycles.